The Bertz CT molecular complexity index is 624. The van der Waals surface area contributed by atoms with E-state index in [0.29, 0.717) is 5.69 Å². The maximum absolute atomic E-state index is 5.68. The molecular formula is C17H15N3. The first kappa shape index (κ1) is 12.4. The molecule has 0 aliphatic rings. The zero-order valence-corrected chi connectivity index (χ0v) is 11.0. The Balaban J connectivity index is 2.11. The normalized spacial score (nSPS) is 10.7. The monoisotopic (exact) mass is 261 g/mol. The lowest BCUT2D eigenvalue weighted by molar-refractivity contribution is 0.856. The van der Waals surface area contributed by atoms with Gasteiger partial charge in [0, 0.05) is 0 Å². The minimum Gasteiger partial charge on any atom is -0.396 e. The highest BCUT2D eigenvalue weighted by molar-refractivity contribution is 5.39. The SMILES string of the molecule is Nc1cnc(C(c2ccccc2)c2ccccc2)nc1. The van der Waals surface area contributed by atoms with Crippen molar-refractivity contribution in [3.8, 4) is 0 Å². The van der Waals surface area contributed by atoms with Crippen LogP contribution >= 0.6 is 0 Å². The van der Waals surface area contributed by atoms with E-state index in [0.717, 1.165) is 5.82 Å². The third-order valence-electron chi connectivity index (χ3n) is 3.22. The Morgan fingerprint density at radius 2 is 1.15 bits per heavy atom. The van der Waals surface area contributed by atoms with Gasteiger partial charge in [-0.2, -0.15) is 0 Å². The number of aromatic nitrogens is 2. The second-order valence-corrected chi connectivity index (χ2v) is 4.63. The van der Waals surface area contributed by atoms with Gasteiger partial charge in [-0.25, -0.2) is 9.97 Å². The van der Waals surface area contributed by atoms with Crippen LogP contribution in [-0.4, -0.2) is 9.97 Å². The number of rotatable bonds is 3. The molecule has 0 spiro atoms. The van der Waals surface area contributed by atoms with Crippen molar-refractivity contribution in [3.63, 3.8) is 0 Å². The fourth-order valence-electron chi connectivity index (χ4n) is 2.28. The van der Waals surface area contributed by atoms with Crippen molar-refractivity contribution < 1.29 is 0 Å². The molecule has 98 valence electrons. The Hall–Kier alpha value is -2.68. The fraction of sp³-hybridized carbons (Fsp3) is 0.0588. The first-order valence-electron chi connectivity index (χ1n) is 6.52. The van der Waals surface area contributed by atoms with Gasteiger partial charge in [0.1, 0.15) is 5.82 Å². The van der Waals surface area contributed by atoms with E-state index in [1.807, 2.05) is 36.4 Å². The summed E-state index contributed by atoms with van der Waals surface area (Å²) in [5.41, 5.74) is 8.60. The fourth-order valence-corrected chi connectivity index (χ4v) is 2.28. The largest absolute Gasteiger partial charge is 0.396 e. The van der Waals surface area contributed by atoms with Gasteiger partial charge < -0.3 is 5.73 Å². The minimum atomic E-state index is 0.0259. The highest BCUT2D eigenvalue weighted by Crippen LogP contribution is 2.29. The average Bonchev–Trinajstić information content (AvgIpc) is 2.52. The van der Waals surface area contributed by atoms with Crippen molar-refractivity contribution in [3.05, 3.63) is 90.0 Å². The summed E-state index contributed by atoms with van der Waals surface area (Å²) < 4.78 is 0. The van der Waals surface area contributed by atoms with Gasteiger partial charge in [-0.1, -0.05) is 60.7 Å². The number of nitrogens with zero attached hydrogens (tertiary/aromatic N) is 2. The van der Waals surface area contributed by atoms with E-state index in [1.54, 1.807) is 12.4 Å². The van der Waals surface area contributed by atoms with Crippen molar-refractivity contribution in [1.29, 1.82) is 0 Å². The molecule has 0 radical (unpaired) electrons. The molecule has 20 heavy (non-hydrogen) atoms. The van der Waals surface area contributed by atoms with Gasteiger partial charge in [-0.05, 0) is 11.1 Å². The molecule has 0 amide bonds. The van der Waals surface area contributed by atoms with Gasteiger partial charge in [0.05, 0.1) is 24.0 Å². The summed E-state index contributed by atoms with van der Waals surface area (Å²) >= 11 is 0. The topological polar surface area (TPSA) is 51.8 Å². The third-order valence-corrected chi connectivity index (χ3v) is 3.22. The molecule has 0 atom stereocenters. The lowest BCUT2D eigenvalue weighted by Gasteiger charge is -2.16. The number of benzene rings is 2. The van der Waals surface area contributed by atoms with Gasteiger partial charge in [-0.3, -0.25) is 0 Å². The van der Waals surface area contributed by atoms with Crippen molar-refractivity contribution in [2.45, 2.75) is 5.92 Å². The zero-order valence-electron chi connectivity index (χ0n) is 11.0. The van der Waals surface area contributed by atoms with Crippen molar-refractivity contribution in [2.24, 2.45) is 0 Å². The number of hydrogen-bond donors (Lipinski definition) is 1. The van der Waals surface area contributed by atoms with Gasteiger partial charge >= 0.3 is 0 Å². The smallest absolute Gasteiger partial charge is 0.140 e. The Morgan fingerprint density at radius 3 is 1.60 bits per heavy atom. The molecule has 1 heterocycles. The number of anilines is 1. The van der Waals surface area contributed by atoms with Gasteiger partial charge in [-0.15, -0.1) is 0 Å². The highest BCUT2D eigenvalue weighted by atomic mass is 14.9. The molecule has 3 nitrogen and oxygen atoms in total. The van der Waals surface area contributed by atoms with Crippen LogP contribution in [0, 0.1) is 0 Å². The van der Waals surface area contributed by atoms with E-state index in [1.165, 1.54) is 11.1 Å². The van der Waals surface area contributed by atoms with Crippen LogP contribution in [0.15, 0.2) is 73.1 Å². The summed E-state index contributed by atoms with van der Waals surface area (Å²) in [7, 11) is 0. The van der Waals surface area contributed by atoms with Gasteiger partial charge in [0.25, 0.3) is 0 Å². The Kier molecular flexibility index (Phi) is 3.42. The van der Waals surface area contributed by atoms with Crippen molar-refractivity contribution in [2.75, 3.05) is 5.73 Å². The Morgan fingerprint density at radius 1 is 0.700 bits per heavy atom. The van der Waals surface area contributed by atoms with Crippen LogP contribution in [0.2, 0.25) is 0 Å². The molecule has 0 bridgehead atoms. The molecule has 1 aromatic heterocycles. The maximum atomic E-state index is 5.68. The maximum Gasteiger partial charge on any atom is 0.140 e. The van der Waals surface area contributed by atoms with Crippen LogP contribution in [0.1, 0.15) is 22.9 Å². The zero-order chi connectivity index (χ0) is 13.8. The van der Waals surface area contributed by atoms with Crippen molar-refractivity contribution >= 4 is 5.69 Å². The van der Waals surface area contributed by atoms with E-state index in [2.05, 4.69) is 34.2 Å². The van der Waals surface area contributed by atoms with Crippen LogP contribution < -0.4 is 5.73 Å². The number of nitrogens with two attached hydrogens (primary N) is 1. The molecule has 3 rings (SSSR count). The van der Waals surface area contributed by atoms with Crippen LogP contribution in [0.4, 0.5) is 5.69 Å². The first-order valence-corrected chi connectivity index (χ1v) is 6.52. The summed E-state index contributed by atoms with van der Waals surface area (Å²) in [5, 5.41) is 0. The summed E-state index contributed by atoms with van der Waals surface area (Å²) in [5.74, 6) is 0.787. The van der Waals surface area contributed by atoms with E-state index < -0.39 is 0 Å². The molecular weight excluding hydrogens is 246 g/mol. The van der Waals surface area contributed by atoms with Crippen LogP contribution in [0.25, 0.3) is 0 Å². The summed E-state index contributed by atoms with van der Waals surface area (Å²) in [6.45, 7) is 0. The second kappa shape index (κ2) is 5.53. The molecule has 0 unspecified atom stereocenters. The standard InChI is InChI=1S/C17H15N3/c18-15-11-19-17(20-12-15)16(13-7-3-1-4-8-13)14-9-5-2-6-10-14/h1-12,16H,18H2. The third kappa shape index (κ3) is 2.52. The van der Waals surface area contributed by atoms with E-state index >= 15 is 0 Å². The predicted molar refractivity (Wildman–Crippen MR) is 80.3 cm³/mol. The molecule has 2 aromatic carbocycles. The summed E-state index contributed by atoms with van der Waals surface area (Å²) in [6.07, 6.45) is 3.31. The second-order valence-electron chi connectivity index (χ2n) is 4.63. The highest BCUT2D eigenvalue weighted by Gasteiger charge is 2.18. The van der Waals surface area contributed by atoms with Crippen molar-refractivity contribution in [1.82, 2.24) is 9.97 Å². The molecule has 3 aromatic rings. The molecule has 0 saturated heterocycles. The van der Waals surface area contributed by atoms with Gasteiger partial charge in [0.15, 0.2) is 0 Å². The lowest BCUT2D eigenvalue weighted by Crippen LogP contribution is -2.08. The molecule has 0 aliphatic carbocycles. The number of nitrogen functional groups attached to an aromatic ring is 1. The van der Waals surface area contributed by atoms with Gasteiger partial charge in [0.2, 0.25) is 0 Å². The minimum absolute atomic E-state index is 0.0259. The van der Waals surface area contributed by atoms with Crippen LogP contribution in [0.5, 0.6) is 0 Å². The quantitative estimate of drug-likeness (QED) is 0.787. The Labute approximate surface area is 118 Å². The first-order chi connectivity index (χ1) is 9.84. The summed E-state index contributed by atoms with van der Waals surface area (Å²) in [4.78, 5) is 8.79. The van der Waals surface area contributed by atoms with E-state index in [4.69, 9.17) is 5.73 Å². The number of hydrogen-bond acceptors (Lipinski definition) is 3. The van der Waals surface area contributed by atoms with E-state index in [-0.39, 0.29) is 5.92 Å². The molecule has 0 aliphatic heterocycles. The van der Waals surface area contributed by atoms with E-state index in [9.17, 15) is 0 Å². The molecule has 0 saturated carbocycles. The van der Waals surface area contributed by atoms with Crippen LogP contribution in [-0.2, 0) is 0 Å². The average molecular weight is 261 g/mol. The van der Waals surface area contributed by atoms with Crippen LogP contribution in [0.3, 0.4) is 0 Å². The molecule has 0 fully saturated rings. The lowest BCUT2D eigenvalue weighted by atomic mass is 9.90. The summed E-state index contributed by atoms with van der Waals surface area (Å²) in [6, 6.07) is 20.5. The molecule has 3 heteroatoms. The molecule has 2 N–H and O–H groups in total. The predicted octanol–water partition coefficient (Wildman–Crippen LogP) is 3.24.